The number of nitrogens with one attached hydrogen (secondary N) is 2. The first kappa shape index (κ1) is 20.6. The standard InChI is InChI=1S/C21H22N4O6/c1-13-16(17(24-31-13)14-8-4-2-5-9-14)18(27)30-12-15(26)23-25-19(28)21(22-20(25)29)10-6-3-7-11-21/h2,4-5,8-9H,3,6-7,10-12H2,1H3,(H,22,29)(H,23,26). The summed E-state index contributed by atoms with van der Waals surface area (Å²) in [5.74, 6) is -1.84. The molecule has 0 bridgehead atoms. The molecule has 1 saturated carbocycles. The van der Waals surface area contributed by atoms with Gasteiger partial charge in [-0.05, 0) is 19.8 Å². The number of hydrogen-bond acceptors (Lipinski definition) is 7. The Hall–Kier alpha value is -3.69. The van der Waals surface area contributed by atoms with Gasteiger partial charge in [0.05, 0.1) is 0 Å². The van der Waals surface area contributed by atoms with Crippen LogP contribution in [0.3, 0.4) is 0 Å². The van der Waals surface area contributed by atoms with Crippen LogP contribution < -0.4 is 10.7 Å². The summed E-state index contributed by atoms with van der Waals surface area (Å²) in [5, 5.41) is 7.26. The summed E-state index contributed by atoms with van der Waals surface area (Å²) < 4.78 is 10.2. The number of urea groups is 1. The summed E-state index contributed by atoms with van der Waals surface area (Å²) in [7, 11) is 0. The van der Waals surface area contributed by atoms with Crippen LogP contribution in [0.4, 0.5) is 4.79 Å². The maximum Gasteiger partial charge on any atom is 0.344 e. The van der Waals surface area contributed by atoms with Crippen molar-refractivity contribution in [1.82, 2.24) is 20.9 Å². The lowest BCUT2D eigenvalue weighted by molar-refractivity contribution is -0.140. The van der Waals surface area contributed by atoms with E-state index in [1.165, 1.54) is 0 Å². The molecule has 2 aromatic rings. The monoisotopic (exact) mass is 426 g/mol. The number of carbonyl (C=O) groups excluding carboxylic acids is 4. The Morgan fingerprint density at radius 1 is 1.19 bits per heavy atom. The topological polar surface area (TPSA) is 131 Å². The van der Waals surface area contributed by atoms with Crippen LogP contribution in [0.5, 0.6) is 0 Å². The summed E-state index contributed by atoms with van der Waals surface area (Å²) in [6, 6.07) is 8.25. The summed E-state index contributed by atoms with van der Waals surface area (Å²) in [5.41, 5.74) is 2.34. The van der Waals surface area contributed by atoms with E-state index in [4.69, 9.17) is 9.26 Å². The van der Waals surface area contributed by atoms with Gasteiger partial charge in [-0.15, -0.1) is 0 Å². The van der Waals surface area contributed by atoms with Gasteiger partial charge in [0.2, 0.25) is 0 Å². The Bertz CT molecular complexity index is 1030. The normalized spacial score (nSPS) is 17.5. The second kappa shape index (κ2) is 8.21. The van der Waals surface area contributed by atoms with Crippen molar-refractivity contribution < 1.29 is 28.4 Å². The molecule has 1 aliphatic heterocycles. The first-order valence-corrected chi connectivity index (χ1v) is 10.1. The highest BCUT2D eigenvalue weighted by molar-refractivity contribution is 6.08. The molecular weight excluding hydrogens is 404 g/mol. The maximum absolute atomic E-state index is 12.7. The van der Waals surface area contributed by atoms with Gasteiger partial charge in [0.25, 0.3) is 11.8 Å². The van der Waals surface area contributed by atoms with Gasteiger partial charge in [-0.2, -0.15) is 5.01 Å². The van der Waals surface area contributed by atoms with Gasteiger partial charge in [-0.25, -0.2) is 9.59 Å². The molecule has 31 heavy (non-hydrogen) atoms. The SMILES string of the molecule is Cc1onc(-c2ccccc2)c1C(=O)OCC(=O)NN1C(=O)NC2(CCCCC2)C1=O. The van der Waals surface area contributed by atoms with Crippen LogP contribution in [0.15, 0.2) is 34.9 Å². The lowest BCUT2D eigenvalue weighted by Crippen LogP contribution is -2.51. The second-order valence-corrected chi connectivity index (χ2v) is 7.65. The summed E-state index contributed by atoms with van der Waals surface area (Å²) >= 11 is 0. The third-order valence-corrected chi connectivity index (χ3v) is 5.55. The molecular formula is C21H22N4O6. The van der Waals surface area contributed by atoms with E-state index in [0.29, 0.717) is 29.1 Å². The number of benzene rings is 1. The maximum atomic E-state index is 12.7. The number of aryl methyl sites for hydroxylation is 1. The van der Waals surface area contributed by atoms with E-state index >= 15 is 0 Å². The minimum Gasteiger partial charge on any atom is -0.452 e. The van der Waals surface area contributed by atoms with Gasteiger partial charge in [0.1, 0.15) is 22.6 Å². The molecule has 4 amide bonds. The van der Waals surface area contributed by atoms with Crippen molar-refractivity contribution >= 4 is 23.8 Å². The molecule has 2 N–H and O–H groups in total. The van der Waals surface area contributed by atoms with Crippen molar-refractivity contribution in [1.29, 1.82) is 0 Å². The van der Waals surface area contributed by atoms with E-state index in [0.717, 1.165) is 19.3 Å². The van der Waals surface area contributed by atoms with Crippen LogP contribution >= 0.6 is 0 Å². The average molecular weight is 426 g/mol. The fourth-order valence-corrected chi connectivity index (χ4v) is 3.98. The highest BCUT2D eigenvalue weighted by Gasteiger charge is 2.52. The molecule has 1 aromatic heterocycles. The largest absolute Gasteiger partial charge is 0.452 e. The van der Waals surface area contributed by atoms with E-state index in [-0.39, 0.29) is 11.3 Å². The van der Waals surface area contributed by atoms with Crippen molar-refractivity contribution in [3.63, 3.8) is 0 Å². The number of hydrazine groups is 1. The number of carbonyl (C=O) groups is 4. The van der Waals surface area contributed by atoms with Gasteiger partial charge in [0.15, 0.2) is 6.61 Å². The molecule has 1 aromatic carbocycles. The van der Waals surface area contributed by atoms with Crippen molar-refractivity contribution in [2.24, 2.45) is 0 Å². The van der Waals surface area contributed by atoms with Gasteiger partial charge in [0, 0.05) is 5.56 Å². The summed E-state index contributed by atoms with van der Waals surface area (Å²) in [4.78, 5) is 49.8. The molecule has 162 valence electrons. The number of rotatable bonds is 5. The molecule has 1 saturated heterocycles. The Balaban J connectivity index is 1.39. The molecule has 1 aliphatic carbocycles. The fourth-order valence-electron chi connectivity index (χ4n) is 3.98. The number of nitrogens with zero attached hydrogens (tertiary/aromatic N) is 2. The predicted molar refractivity (Wildman–Crippen MR) is 106 cm³/mol. The van der Waals surface area contributed by atoms with Gasteiger partial charge in [-0.1, -0.05) is 54.8 Å². The molecule has 10 nitrogen and oxygen atoms in total. The van der Waals surface area contributed by atoms with Crippen molar-refractivity contribution in [2.75, 3.05) is 6.61 Å². The van der Waals surface area contributed by atoms with Crippen LogP contribution in [0.1, 0.15) is 48.2 Å². The third-order valence-electron chi connectivity index (χ3n) is 5.55. The molecule has 2 heterocycles. The highest BCUT2D eigenvalue weighted by atomic mass is 16.5. The van der Waals surface area contributed by atoms with Gasteiger partial charge >= 0.3 is 12.0 Å². The van der Waals surface area contributed by atoms with Crippen LogP contribution in [-0.4, -0.2) is 46.1 Å². The van der Waals surface area contributed by atoms with Crippen LogP contribution in [0.25, 0.3) is 11.3 Å². The molecule has 1 spiro atoms. The zero-order chi connectivity index (χ0) is 22.0. The van der Waals surface area contributed by atoms with E-state index in [1.807, 2.05) is 6.07 Å². The van der Waals surface area contributed by atoms with Gasteiger partial charge < -0.3 is 14.6 Å². The van der Waals surface area contributed by atoms with Crippen molar-refractivity contribution in [3.8, 4) is 11.3 Å². The van der Waals surface area contributed by atoms with Gasteiger partial charge in [-0.3, -0.25) is 15.0 Å². The van der Waals surface area contributed by atoms with Crippen LogP contribution in [0.2, 0.25) is 0 Å². The fraction of sp³-hybridized carbons (Fsp3) is 0.381. The zero-order valence-corrected chi connectivity index (χ0v) is 17.0. The molecule has 2 fully saturated rings. The molecule has 2 aliphatic rings. The molecule has 4 rings (SSSR count). The molecule has 0 radical (unpaired) electrons. The molecule has 0 atom stereocenters. The zero-order valence-electron chi connectivity index (χ0n) is 17.0. The summed E-state index contributed by atoms with van der Waals surface area (Å²) in [6.45, 7) is 0.884. The predicted octanol–water partition coefficient (Wildman–Crippen LogP) is 2.09. The lowest BCUT2D eigenvalue weighted by Gasteiger charge is -2.30. The first-order chi connectivity index (χ1) is 14.9. The van der Waals surface area contributed by atoms with Crippen LogP contribution in [0, 0.1) is 6.92 Å². The Morgan fingerprint density at radius 2 is 1.90 bits per heavy atom. The second-order valence-electron chi connectivity index (χ2n) is 7.65. The number of aromatic nitrogens is 1. The molecule has 10 heteroatoms. The summed E-state index contributed by atoms with van der Waals surface area (Å²) in [6.07, 6.45) is 3.73. The number of ether oxygens (including phenoxy) is 1. The minimum absolute atomic E-state index is 0.107. The van der Waals surface area contributed by atoms with E-state index in [9.17, 15) is 19.2 Å². The lowest BCUT2D eigenvalue weighted by atomic mass is 9.82. The Labute approximate surface area is 177 Å². The third kappa shape index (κ3) is 3.88. The first-order valence-electron chi connectivity index (χ1n) is 10.1. The van der Waals surface area contributed by atoms with Crippen LogP contribution in [-0.2, 0) is 14.3 Å². The van der Waals surface area contributed by atoms with Crippen molar-refractivity contribution in [2.45, 2.75) is 44.6 Å². The van der Waals surface area contributed by atoms with Crippen molar-refractivity contribution in [3.05, 3.63) is 41.7 Å². The Morgan fingerprint density at radius 3 is 2.61 bits per heavy atom. The number of hydrogen-bond donors (Lipinski definition) is 2. The molecule has 0 unspecified atom stereocenters. The minimum atomic E-state index is -0.955. The highest BCUT2D eigenvalue weighted by Crippen LogP contribution is 2.33. The Kier molecular flexibility index (Phi) is 5.45. The van der Waals surface area contributed by atoms with E-state index in [1.54, 1.807) is 31.2 Å². The smallest absolute Gasteiger partial charge is 0.344 e. The number of imide groups is 1. The van der Waals surface area contributed by atoms with E-state index < -0.39 is 36.0 Å². The number of esters is 1. The average Bonchev–Trinajstić information content (AvgIpc) is 3.26. The quantitative estimate of drug-likeness (QED) is 0.553. The number of amides is 4. The van der Waals surface area contributed by atoms with E-state index in [2.05, 4.69) is 15.9 Å².